The SMILES string of the molecule is C=CC(F)(F)C(=O)O. The van der Waals surface area contributed by atoms with Gasteiger partial charge in [0.2, 0.25) is 0 Å². The van der Waals surface area contributed by atoms with Crippen molar-refractivity contribution in [3.05, 3.63) is 12.7 Å². The maximum Gasteiger partial charge on any atom is 0.378 e. The first kappa shape index (κ1) is 7.07. The molecule has 0 unspecified atom stereocenters. The molecule has 0 atom stereocenters. The second kappa shape index (κ2) is 1.90. The standard InChI is InChI=1S/C4H4F2O2/c1-2-4(5,6)3(7)8/h2H,1H2,(H,7,8). The van der Waals surface area contributed by atoms with Crippen molar-refractivity contribution >= 4 is 5.97 Å². The van der Waals surface area contributed by atoms with Crippen LogP contribution in [0.1, 0.15) is 0 Å². The monoisotopic (exact) mass is 122 g/mol. The van der Waals surface area contributed by atoms with Gasteiger partial charge in [-0.25, -0.2) is 4.79 Å². The van der Waals surface area contributed by atoms with Gasteiger partial charge in [0.15, 0.2) is 0 Å². The molecule has 0 saturated heterocycles. The fraction of sp³-hybridized carbons (Fsp3) is 0.250. The Hall–Kier alpha value is -0.930. The lowest BCUT2D eigenvalue weighted by molar-refractivity contribution is -0.157. The van der Waals surface area contributed by atoms with Crippen molar-refractivity contribution in [2.75, 3.05) is 0 Å². The van der Waals surface area contributed by atoms with Crippen LogP contribution >= 0.6 is 0 Å². The van der Waals surface area contributed by atoms with Gasteiger partial charge in [0.05, 0.1) is 0 Å². The Morgan fingerprint density at radius 1 is 1.75 bits per heavy atom. The zero-order chi connectivity index (χ0) is 6.78. The van der Waals surface area contributed by atoms with Gasteiger partial charge >= 0.3 is 11.9 Å². The molecule has 0 rings (SSSR count). The Labute approximate surface area is 44.4 Å². The largest absolute Gasteiger partial charge is 0.477 e. The molecule has 0 aromatic carbocycles. The molecule has 1 N–H and O–H groups in total. The number of rotatable bonds is 2. The van der Waals surface area contributed by atoms with E-state index in [2.05, 4.69) is 6.58 Å². The Kier molecular flexibility index (Phi) is 1.68. The third kappa shape index (κ3) is 1.29. The molecule has 0 amide bonds. The molecule has 0 aromatic heterocycles. The fourth-order valence-corrected chi connectivity index (χ4v) is 0.0873. The Morgan fingerprint density at radius 2 is 2.12 bits per heavy atom. The third-order valence-electron chi connectivity index (χ3n) is 0.542. The summed E-state index contributed by atoms with van der Waals surface area (Å²) in [5, 5.41) is 7.62. The van der Waals surface area contributed by atoms with Crippen LogP contribution < -0.4 is 0 Å². The molecule has 0 aliphatic rings. The molecule has 0 heterocycles. The van der Waals surface area contributed by atoms with Crippen molar-refractivity contribution in [2.24, 2.45) is 0 Å². The van der Waals surface area contributed by atoms with Gasteiger partial charge < -0.3 is 5.11 Å². The molecule has 0 bridgehead atoms. The van der Waals surface area contributed by atoms with Gasteiger partial charge in [-0.2, -0.15) is 8.78 Å². The lowest BCUT2D eigenvalue weighted by atomic mass is 10.3. The van der Waals surface area contributed by atoms with Crippen LogP contribution in [-0.4, -0.2) is 17.0 Å². The first-order chi connectivity index (χ1) is 3.50. The van der Waals surface area contributed by atoms with Crippen molar-refractivity contribution < 1.29 is 18.7 Å². The molecular weight excluding hydrogens is 118 g/mol. The number of carboxylic acid groups (broad SMARTS) is 1. The average Bonchev–Trinajstić information content (AvgIpc) is 1.67. The molecule has 0 aliphatic heterocycles. The Balaban J connectivity index is 4.12. The second-order valence-electron chi connectivity index (χ2n) is 1.13. The predicted octanol–water partition coefficient (Wildman–Crippen LogP) is 0.892. The van der Waals surface area contributed by atoms with Gasteiger partial charge in [0.25, 0.3) is 0 Å². The van der Waals surface area contributed by atoms with Crippen molar-refractivity contribution in [2.45, 2.75) is 5.92 Å². The van der Waals surface area contributed by atoms with Crippen molar-refractivity contribution in [1.82, 2.24) is 0 Å². The minimum Gasteiger partial charge on any atom is -0.477 e. The highest BCUT2D eigenvalue weighted by molar-refractivity contribution is 5.77. The number of carbonyl (C=O) groups is 1. The molecule has 2 nitrogen and oxygen atoms in total. The van der Waals surface area contributed by atoms with Crippen LogP contribution in [0.5, 0.6) is 0 Å². The van der Waals surface area contributed by atoms with E-state index in [4.69, 9.17) is 5.11 Å². The summed E-state index contributed by atoms with van der Waals surface area (Å²) in [6.07, 6.45) is 0.0787. The number of carboxylic acids is 1. The maximum absolute atomic E-state index is 11.6. The molecule has 8 heavy (non-hydrogen) atoms. The van der Waals surface area contributed by atoms with E-state index in [-0.39, 0.29) is 6.08 Å². The van der Waals surface area contributed by atoms with Crippen LogP contribution in [-0.2, 0) is 4.79 Å². The molecule has 0 radical (unpaired) electrons. The number of halogens is 2. The van der Waals surface area contributed by atoms with Gasteiger partial charge in [0.1, 0.15) is 0 Å². The van der Waals surface area contributed by atoms with Gasteiger partial charge in [-0.15, -0.1) is 0 Å². The third-order valence-corrected chi connectivity index (χ3v) is 0.542. The number of alkyl halides is 2. The van der Waals surface area contributed by atoms with Gasteiger partial charge in [-0.3, -0.25) is 0 Å². The van der Waals surface area contributed by atoms with E-state index in [1.165, 1.54) is 0 Å². The highest BCUT2D eigenvalue weighted by atomic mass is 19.3. The highest BCUT2D eigenvalue weighted by Crippen LogP contribution is 2.12. The first-order valence-electron chi connectivity index (χ1n) is 1.75. The second-order valence-corrected chi connectivity index (χ2v) is 1.13. The molecule has 46 valence electrons. The molecule has 0 saturated carbocycles. The van der Waals surface area contributed by atoms with Crippen LogP contribution in [0.2, 0.25) is 0 Å². The minimum atomic E-state index is -3.78. The van der Waals surface area contributed by atoms with Crippen molar-refractivity contribution in [3.63, 3.8) is 0 Å². The van der Waals surface area contributed by atoms with Crippen LogP contribution in [0, 0.1) is 0 Å². The van der Waals surface area contributed by atoms with Crippen LogP contribution in [0.15, 0.2) is 12.7 Å². The normalized spacial score (nSPS) is 10.8. The summed E-state index contributed by atoms with van der Waals surface area (Å²) in [6, 6.07) is 0. The number of aliphatic carboxylic acids is 1. The molecule has 0 fully saturated rings. The first-order valence-corrected chi connectivity index (χ1v) is 1.75. The van der Waals surface area contributed by atoms with E-state index in [9.17, 15) is 13.6 Å². The Bertz CT molecular complexity index is 119. The van der Waals surface area contributed by atoms with Crippen molar-refractivity contribution in [1.29, 1.82) is 0 Å². The van der Waals surface area contributed by atoms with E-state index < -0.39 is 11.9 Å². The predicted molar refractivity (Wildman–Crippen MR) is 22.8 cm³/mol. The quantitative estimate of drug-likeness (QED) is 0.552. The summed E-state index contributed by atoms with van der Waals surface area (Å²) in [7, 11) is 0. The highest BCUT2D eigenvalue weighted by Gasteiger charge is 2.34. The van der Waals surface area contributed by atoms with Crippen LogP contribution in [0.25, 0.3) is 0 Å². The lowest BCUT2D eigenvalue weighted by Gasteiger charge is -2.01. The zero-order valence-electron chi connectivity index (χ0n) is 3.90. The molecule has 0 spiro atoms. The molecule has 0 aromatic rings. The zero-order valence-corrected chi connectivity index (χ0v) is 3.90. The number of hydrogen-bond donors (Lipinski definition) is 1. The topological polar surface area (TPSA) is 37.3 Å². The summed E-state index contributed by atoms with van der Waals surface area (Å²) in [4.78, 5) is 9.43. The van der Waals surface area contributed by atoms with Crippen LogP contribution in [0.3, 0.4) is 0 Å². The van der Waals surface area contributed by atoms with Gasteiger partial charge in [-0.05, 0) is 6.08 Å². The molecule has 0 aliphatic carbocycles. The summed E-state index contributed by atoms with van der Waals surface area (Å²) in [5.74, 6) is -5.95. The van der Waals surface area contributed by atoms with Gasteiger partial charge in [0, 0.05) is 0 Å². The summed E-state index contributed by atoms with van der Waals surface area (Å²) < 4.78 is 23.1. The smallest absolute Gasteiger partial charge is 0.378 e. The average molecular weight is 122 g/mol. The van der Waals surface area contributed by atoms with E-state index >= 15 is 0 Å². The summed E-state index contributed by atoms with van der Waals surface area (Å²) in [5.41, 5.74) is 0. The summed E-state index contributed by atoms with van der Waals surface area (Å²) in [6.45, 7) is 2.62. The van der Waals surface area contributed by atoms with E-state index in [1.54, 1.807) is 0 Å². The van der Waals surface area contributed by atoms with E-state index in [0.717, 1.165) is 0 Å². The number of hydrogen-bond acceptors (Lipinski definition) is 1. The fourth-order valence-electron chi connectivity index (χ4n) is 0.0873. The lowest BCUT2D eigenvalue weighted by Crippen LogP contribution is -2.24. The minimum absolute atomic E-state index is 0.0787. The van der Waals surface area contributed by atoms with Crippen LogP contribution in [0.4, 0.5) is 8.78 Å². The van der Waals surface area contributed by atoms with E-state index in [0.29, 0.717) is 0 Å². The Morgan fingerprint density at radius 3 is 2.12 bits per heavy atom. The molecular formula is C4H4F2O2. The maximum atomic E-state index is 11.6. The van der Waals surface area contributed by atoms with E-state index in [1.807, 2.05) is 0 Å². The van der Waals surface area contributed by atoms with Crippen molar-refractivity contribution in [3.8, 4) is 0 Å². The molecule has 4 heteroatoms. The summed E-state index contributed by atoms with van der Waals surface area (Å²) >= 11 is 0. The van der Waals surface area contributed by atoms with Gasteiger partial charge in [-0.1, -0.05) is 6.58 Å².